The van der Waals surface area contributed by atoms with Gasteiger partial charge in [0.05, 0.1) is 0 Å². The third-order valence-electron chi connectivity index (χ3n) is 2.51. The van der Waals surface area contributed by atoms with Gasteiger partial charge in [0.1, 0.15) is 0 Å². The number of allylic oxidation sites excluding steroid dienone is 1. The summed E-state index contributed by atoms with van der Waals surface area (Å²) < 4.78 is 0. The van der Waals surface area contributed by atoms with Gasteiger partial charge >= 0.3 is 0 Å². The second kappa shape index (κ2) is 4.86. The summed E-state index contributed by atoms with van der Waals surface area (Å²) in [5.74, 6) is 0.641. The molecule has 1 rings (SSSR count). The van der Waals surface area contributed by atoms with Gasteiger partial charge in [-0.05, 0) is 31.2 Å². The third-order valence-corrected chi connectivity index (χ3v) is 2.51. The number of hydrogen-bond donors (Lipinski definition) is 0. The van der Waals surface area contributed by atoms with Crippen LogP contribution in [0.1, 0.15) is 25.8 Å². The normalized spacial score (nSPS) is 12.5. The number of hydrogen-bond acceptors (Lipinski definition) is 0. The standard InChI is InChI=1S/C13H18/c1-4-13(11(2)3)10-12-8-6-5-7-9-12/h5-9,13H,2,4,10H2,1,3H3/t13-/m0/s1. The van der Waals surface area contributed by atoms with E-state index < -0.39 is 0 Å². The van der Waals surface area contributed by atoms with Crippen LogP contribution in [-0.4, -0.2) is 0 Å². The molecule has 0 N–H and O–H groups in total. The van der Waals surface area contributed by atoms with E-state index in [4.69, 9.17) is 0 Å². The average molecular weight is 174 g/mol. The Labute approximate surface area is 81.3 Å². The smallest absolute Gasteiger partial charge is 0.0171 e. The Hall–Kier alpha value is -1.04. The molecule has 1 aromatic carbocycles. The molecule has 0 aliphatic rings. The zero-order valence-electron chi connectivity index (χ0n) is 8.59. The van der Waals surface area contributed by atoms with E-state index in [1.807, 2.05) is 0 Å². The molecule has 0 heteroatoms. The minimum Gasteiger partial charge on any atom is -0.0998 e. The molecule has 0 radical (unpaired) electrons. The number of benzene rings is 1. The molecule has 70 valence electrons. The van der Waals surface area contributed by atoms with Crippen LogP contribution in [0.25, 0.3) is 0 Å². The van der Waals surface area contributed by atoms with Gasteiger partial charge in [-0.2, -0.15) is 0 Å². The van der Waals surface area contributed by atoms with Gasteiger partial charge in [-0.1, -0.05) is 49.4 Å². The second-order valence-corrected chi connectivity index (χ2v) is 3.64. The summed E-state index contributed by atoms with van der Waals surface area (Å²) in [5.41, 5.74) is 2.71. The van der Waals surface area contributed by atoms with Crippen molar-refractivity contribution in [3.05, 3.63) is 48.0 Å². The Kier molecular flexibility index (Phi) is 3.75. The molecule has 0 aliphatic heterocycles. The van der Waals surface area contributed by atoms with Crippen LogP contribution < -0.4 is 0 Å². The predicted octanol–water partition coefficient (Wildman–Crippen LogP) is 3.83. The Morgan fingerprint density at radius 3 is 2.38 bits per heavy atom. The van der Waals surface area contributed by atoms with Gasteiger partial charge in [-0.25, -0.2) is 0 Å². The highest BCUT2D eigenvalue weighted by molar-refractivity contribution is 5.17. The lowest BCUT2D eigenvalue weighted by atomic mass is 9.91. The fourth-order valence-electron chi connectivity index (χ4n) is 1.57. The molecule has 0 unspecified atom stereocenters. The summed E-state index contributed by atoms with van der Waals surface area (Å²) >= 11 is 0. The zero-order valence-corrected chi connectivity index (χ0v) is 8.59. The lowest BCUT2D eigenvalue weighted by Gasteiger charge is -2.14. The molecule has 1 atom stereocenters. The third kappa shape index (κ3) is 3.06. The second-order valence-electron chi connectivity index (χ2n) is 3.64. The number of rotatable bonds is 4. The largest absolute Gasteiger partial charge is 0.0998 e. The molecule has 0 heterocycles. The van der Waals surface area contributed by atoms with E-state index >= 15 is 0 Å². The SMILES string of the molecule is C=C(C)[C@@H](CC)Cc1ccccc1. The Morgan fingerprint density at radius 2 is 1.92 bits per heavy atom. The molecule has 1 aromatic rings. The van der Waals surface area contributed by atoms with Crippen LogP contribution in [0, 0.1) is 5.92 Å². The highest BCUT2D eigenvalue weighted by Gasteiger charge is 2.06. The van der Waals surface area contributed by atoms with E-state index in [0.717, 1.165) is 6.42 Å². The first-order valence-corrected chi connectivity index (χ1v) is 4.93. The summed E-state index contributed by atoms with van der Waals surface area (Å²) in [5, 5.41) is 0. The van der Waals surface area contributed by atoms with Crippen molar-refractivity contribution in [3.8, 4) is 0 Å². The van der Waals surface area contributed by atoms with Crippen molar-refractivity contribution in [3.63, 3.8) is 0 Å². The molecule has 0 amide bonds. The van der Waals surface area contributed by atoms with Crippen molar-refractivity contribution in [2.24, 2.45) is 5.92 Å². The monoisotopic (exact) mass is 174 g/mol. The van der Waals surface area contributed by atoms with Crippen LogP contribution in [-0.2, 0) is 6.42 Å². The van der Waals surface area contributed by atoms with Crippen LogP contribution in [0.5, 0.6) is 0 Å². The van der Waals surface area contributed by atoms with E-state index in [1.54, 1.807) is 0 Å². The summed E-state index contributed by atoms with van der Waals surface area (Å²) in [6.45, 7) is 8.37. The first-order valence-electron chi connectivity index (χ1n) is 4.93. The molecule has 0 fully saturated rings. The maximum absolute atomic E-state index is 4.02. The fraction of sp³-hybridized carbons (Fsp3) is 0.385. The van der Waals surface area contributed by atoms with Gasteiger partial charge in [-0.15, -0.1) is 0 Å². The molecule has 0 aromatic heterocycles. The molecule has 0 bridgehead atoms. The van der Waals surface area contributed by atoms with E-state index in [-0.39, 0.29) is 0 Å². The first kappa shape index (κ1) is 10.0. The molecule has 0 spiro atoms. The van der Waals surface area contributed by atoms with Gasteiger partial charge in [0.15, 0.2) is 0 Å². The average Bonchev–Trinajstić information content (AvgIpc) is 2.15. The maximum Gasteiger partial charge on any atom is -0.0171 e. The first-order chi connectivity index (χ1) is 6.24. The van der Waals surface area contributed by atoms with Gasteiger partial charge in [-0.3, -0.25) is 0 Å². The molecule has 0 saturated carbocycles. The fourth-order valence-corrected chi connectivity index (χ4v) is 1.57. The zero-order chi connectivity index (χ0) is 9.68. The lowest BCUT2D eigenvalue weighted by molar-refractivity contribution is 0.590. The molecule has 0 aliphatic carbocycles. The molecule has 13 heavy (non-hydrogen) atoms. The lowest BCUT2D eigenvalue weighted by Crippen LogP contribution is -2.03. The van der Waals surface area contributed by atoms with Crippen LogP contribution in [0.4, 0.5) is 0 Å². The summed E-state index contributed by atoms with van der Waals surface area (Å²) in [7, 11) is 0. The van der Waals surface area contributed by atoms with Crippen molar-refractivity contribution in [1.29, 1.82) is 0 Å². The minimum atomic E-state index is 0.641. The molecular weight excluding hydrogens is 156 g/mol. The molecule has 0 nitrogen and oxygen atoms in total. The van der Waals surface area contributed by atoms with Crippen molar-refractivity contribution in [1.82, 2.24) is 0 Å². The van der Waals surface area contributed by atoms with Gasteiger partial charge in [0.2, 0.25) is 0 Å². The Bertz CT molecular complexity index is 259. The van der Waals surface area contributed by atoms with E-state index in [1.165, 1.54) is 17.6 Å². The molecule has 0 saturated heterocycles. The van der Waals surface area contributed by atoms with E-state index in [2.05, 4.69) is 50.8 Å². The highest BCUT2D eigenvalue weighted by atomic mass is 14.1. The van der Waals surface area contributed by atoms with E-state index in [0.29, 0.717) is 5.92 Å². The van der Waals surface area contributed by atoms with Crippen molar-refractivity contribution < 1.29 is 0 Å². The van der Waals surface area contributed by atoms with Crippen molar-refractivity contribution >= 4 is 0 Å². The minimum absolute atomic E-state index is 0.641. The van der Waals surface area contributed by atoms with Crippen molar-refractivity contribution in [2.45, 2.75) is 26.7 Å². The topological polar surface area (TPSA) is 0 Å². The highest BCUT2D eigenvalue weighted by Crippen LogP contribution is 2.18. The molecular formula is C13H18. The van der Waals surface area contributed by atoms with Gasteiger partial charge in [0.25, 0.3) is 0 Å². The van der Waals surface area contributed by atoms with Crippen LogP contribution in [0.2, 0.25) is 0 Å². The van der Waals surface area contributed by atoms with Gasteiger partial charge < -0.3 is 0 Å². The van der Waals surface area contributed by atoms with Gasteiger partial charge in [0, 0.05) is 0 Å². The quantitative estimate of drug-likeness (QED) is 0.608. The van der Waals surface area contributed by atoms with E-state index in [9.17, 15) is 0 Å². The summed E-state index contributed by atoms with van der Waals surface area (Å²) in [6, 6.07) is 10.6. The predicted molar refractivity (Wildman–Crippen MR) is 58.7 cm³/mol. The van der Waals surface area contributed by atoms with Crippen molar-refractivity contribution in [2.75, 3.05) is 0 Å². The summed E-state index contributed by atoms with van der Waals surface area (Å²) in [6.07, 6.45) is 2.32. The maximum atomic E-state index is 4.02. The Morgan fingerprint density at radius 1 is 1.31 bits per heavy atom. The van der Waals surface area contributed by atoms with Crippen LogP contribution >= 0.6 is 0 Å². The summed E-state index contributed by atoms with van der Waals surface area (Å²) in [4.78, 5) is 0. The Balaban J connectivity index is 2.62. The van der Waals surface area contributed by atoms with Crippen LogP contribution in [0.3, 0.4) is 0 Å². The van der Waals surface area contributed by atoms with Crippen LogP contribution in [0.15, 0.2) is 42.5 Å².